The number of nitrogens with one attached hydrogen (secondary N) is 2. The van der Waals surface area contributed by atoms with Gasteiger partial charge in [0.2, 0.25) is 5.88 Å². The average Bonchev–Trinajstić information content (AvgIpc) is 2.60. The van der Waals surface area contributed by atoms with Crippen LogP contribution in [-0.4, -0.2) is 29.9 Å². The van der Waals surface area contributed by atoms with Gasteiger partial charge >= 0.3 is 0 Å². The van der Waals surface area contributed by atoms with E-state index < -0.39 is 0 Å². The lowest BCUT2D eigenvalue weighted by Gasteiger charge is -2.21. The topological polar surface area (TPSA) is 88.1 Å². The molecule has 3 rings (SSSR count). The summed E-state index contributed by atoms with van der Waals surface area (Å²) in [5.74, 6) is 1.21. The summed E-state index contributed by atoms with van der Waals surface area (Å²) in [6, 6.07) is 3.81. The van der Waals surface area contributed by atoms with Crippen molar-refractivity contribution in [3.8, 4) is 5.88 Å². The molecule has 0 unspecified atom stereocenters. The van der Waals surface area contributed by atoms with Crippen LogP contribution in [0.5, 0.6) is 5.88 Å². The van der Waals surface area contributed by atoms with Crippen molar-refractivity contribution < 1.29 is 9.47 Å². The molecule has 23 heavy (non-hydrogen) atoms. The number of aromatic nitrogens is 2. The van der Waals surface area contributed by atoms with Crippen LogP contribution in [0.2, 0.25) is 0 Å². The Morgan fingerprint density at radius 1 is 1.52 bits per heavy atom. The standard InChI is InChI=1S/C16H17N3O3S/c1-21-15-10(3-2-5-18-15)9-23-16-13-8-22-6-4-11(13)12(7-17)14(20)19-16/h2-3,5,7,17H,4,6,8-9H2,1H3,(H,19,20). The first-order chi connectivity index (χ1) is 11.2. The number of hydrogen-bond donors (Lipinski definition) is 2. The number of hydrogen-bond acceptors (Lipinski definition) is 6. The van der Waals surface area contributed by atoms with Gasteiger partial charge in [0.1, 0.15) is 0 Å². The molecule has 3 heterocycles. The summed E-state index contributed by atoms with van der Waals surface area (Å²) in [6.07, 6.45) is 3.47. The molecule has 1 aliphatic rings. The molecule has 0 bridgehead atoms. The molecule has 2 N–H and O–H groups in total. The molecule has 120 valence electrons. The number of H-pyrrole nitrogens is 1. The van der Waals surface area contributed by atoms with E-state index in [1.54, 1.807) is 13.3 Å². The van der Waals surface area contributed by atoms with E-state index in [4.69, 9.17) is 14.9 Å². The number of methoxy groups -OCH3 is 1. The van der Waals surface area contributed by atoms with E-state index in [0.717, 1.165) is 27.9 Å². The van der Waals surface area contributed by atoms with E-state index in [0.29, 0.717) is 36.8 Å². The van der Waals surface area contributed by atoms with E-state index in [-0.39, 0.29) is 5.56 Å². The highest BCUT2D eigenvalue weighted by molar-refractivity contribution is 7.98. The lowest BCUT2D eigenvalue weighted by Crippen LogP contribution is -2.23. The van der Waals surface area contributed by atoms with Crippen LogP contribution in [0.3, 0.4) is 0 Å². The zero-order valence-corrected chi connectivity index (χ0v) is 13.5. The van der Waals surface area contributed by atoms with Crippen LogP contribution < -0.4 is 10.3 Å². The van der Waals surface area contributed by atoms with E-state index in [1.807, 2.05) is 12.1 Å². The first-order valence-corrected chi connectivity index (χ1v) is 8.20. The second-order valence-corrected chi connectivity index (χ2v) is 6.05. The van der Waals surface area contributed by atoms with Crippen LogP contribution in [0.4, 0.5) is 0 Å². The molecule has 0 amide bonds. The number of fused-ring (bicyclic) bond motifs is 1. The number of thioether (sulfide) groups is 1. The number of pyridine rings is 2. The van der Waals surface area contributed by atoms with Crippen LogP contribution in [0.15, 0.2) is 28.2 Å². The third kappa shape index (κ3) is 3.16. The molecule has 2 aromatic heterocycles. The maximum atomic E-state index is 12.2. The van der Waals surface area contributed by atoms with Gasteiger partial charge in [-0.2, -0.15) is 0 Å². The number of rotatable bonds is 5. The van der Waals surface area contributed by atoms with Crippen LogP contribution >= 0.6 is 11.8 Å². The molecule has 0 fully saturated rings. The maximum absolute atomic E-state index is 12.2. The van der Waals surface area contributed by atoms with Gasteiger partial charge in [0, 0.05) is 29.3 Å². The Labute approximate surface area is 137 Å². The van der Waals surface area contributed by atoms with Gasteiger partial charge in [0.05, 0.1) is 30.9 Å². The van der Waals surface area contributed by atoms with Crippen molar-refractivity contribution >= 4 is 18.0 Å². The predicted octanol–water partition coefficient (Wildman–Crippen LogP) is 2.14. The predicted molar refractivity (Wildman–Crippen MR) is 88.7 cm³/mol. The van der Waals surface area contributed by atoms with Gasteiger partial charge in [-0.1, -0.05) is 6.07 Å². The lowest BCUT2D eigenvalue weighted by molar-refractivity contribution is 0.108. The molecule has 2 aromatic rings. The Hall–Kier alpha value is -2.12. The minimum atomic E-state index is -0.221. The van der Waals surface area contributed by atoms with Gasteiger partial charge in [-0.3, -0.25) is 4.79 Å². The highest BCUT2D eigenvalue weighted by Gasteiger charge is 2.20. The van der Waals surface area contributed by atoms with Crippen molar-refractivity contribution in [2.75, 3.05) is 13.7 Å². The molecule has 0 aliphatic carbocycles. The highest BCUT2D eigenvalue weighted by atomic mass is 32.2. The van der Waals surface area contributed by atoms with Gasteiger partial charge < -0.3 is 19.9 Å². The van der Waals surface area contributed by atoms with Gasteiger partial charge in [-0.25, -0.2) is 4.98 Å². The molecule has 0 saturated carbocycles. The van der Waals surface area contributed by atoms with Crippen molar-refractivity contribution in [2.24, 2.45) is 0 Å². The SMILES string of the molecule is COc1ncccc1CSc1[nH]c(=O)c(C=N)c2c1COCC2. The van der Waals surface area contributed by atoms with Crippen LogP contribution in [0.1, 0.15) is 22.3 Å². The molecule has 7 heteroatoms. The lowest BCUT2D eigenvalue weighted by atomic mass is 10.0. The molecular formula is C16H17N3O3S. The summed E-state index contributed by atoms with van der Waals surface area (Å²) in [5, 5.41) is 8.26. The fraction of sp³-hybridized carbons (Fsp3) is 0.312. The summed E-state index contributed by atoms with van der Waals surface area (Å²) >= 11 is 1.52. The minimum Gasteiger partial charge on any atom is -0.481 e. The molecule has 0 spiro atoms. The molecule has 0 saturated heterocycles. The largest absolute Gasteiger partial charge is 0.481 e. The average molecular weight is 331 g/mol. The summed E-state index contributed by atoms with van der Waals surface area (Å²) in [4.78, 5) is 19.2. The second kappa shape index (κ2) is 6.97. The van der Waals surface area contributed by atoms with Crippen molar-refractivity contribution in [2.45, 2.75) is 23.8 Å². The third-order valence-electron chi connectivity index (χ3n) is 3.74. The molecular weight excluding hydrogens is 314 g/mol. The van der Waals surface area contributed by atoms with E-state index in [9.17, 15) is 4.79 Å². The zero-order valence-electron chi connectivity index (χ0n) is 12.7. The first kappa shape index (κ1) is 15.8. The fourth-order valence-corrected chi connectivity index (χ4v) is 3.65. The Morgan fingerprint density at radius 2 is 2.39 bits per heavy atom. The highest BCUT2D eigenvalue weighted by Crippen LogP contribution is 2.31. The van der Waals surface area contributed by atoms with E-state index >= 15 is 0 Å². The summed E-state index contributed by atoms with van der Waals surface area (Å²) in [7, 11) is 1.59. The van der Waals surface area contributed by atoms with Crippen LogP contribution in [-0.2, 0) is 23.5 Å². The molecule has 0 atom stereocenters. The number of ether oxygens (including phenoxy) is 2. The Balaban J connectivity index is 1.93. The number of aromatic amines is 1. The van der Waals surface area contributed by atoms with Crippen molar-refractivity contribution in [3.63, 3.8) is 0 Å². The van der Waals surface area contributed by atoms with Crippen molar-refractivity contribution in [3.05, 3.63) is 50.9 Å². The normalized spacial score (nSPS) is 13.4. The summed E-state index contributed by atoms with van der Waals surface area (Å²) in [6.45, 7) is 1.04. The minimum absolute atomic E-state index is 0.221. The molecule has 0 radical (unpaired) electrons. The van der Waals surface area contributed by atoms with Gasteiger partial charge in [0.25, 0.3) is 5.56 Å². The molecule has 1 aliphatic heterocycles. The third-order valence-corrected chi connectivity index (χ3v) is 4.83. The Bertz CT molecular complexity index is 789. The first-order valence-electron chi connectivity index (χ1n) is 7.21. The van der Waals surface area contributed by atoms with Gasteiger partial charge in [-0.05, 0) is 18.1 Å². The van der Waals surface area contributed by atoms with Crippen LogP contribution in [0.25, 0.3) is 0 Å². The Morgan fingerprint density at radius 3 is 3.17 bits per heavy atom. The Kier molecular flexibility index (Phi) is 4.78. The van der Waals surface area contributed by atoms with Crippen molar-refractivity contribution in [1.29, 1.82) is 5.41 Å². The summed E-state index contributed by atoms with van der Waals surface area (Å²) in [5.41, 5.74) is 3.08. The van der Waals surface area contributed by atoms with Gasteiger partial charge in [0.15, 0.2) is 0 Å². The zero-order chi connectivity index (χ0) is 16.2. The number of nitrogens with zero attached hydrogens (tertiary/aromatic N) is 1. The second-order valence-electron chi connectivity index (χ2n) is 5.06. The monoisotopic (exact) mass is 331 g/mol. The fourth-order valence-electron chi connectivity index (χ4n) is 2.61. The smallest absolute Gasteiger partial charge is 0.257 e. The van der Waals surface area contributed by atoms with Crippen molar-refractivity contribution in [1.82, 2.24) is 9.97 Å². The maximum Gasteiger partial charge on any atom is 0.257 e. The summed E-state index contributed by atoms with van der Waals surface area (Å²) < 4.78 is 10.8. The van der Waals surface area contributed by atoms with Gasteiger partial charge in [-0.15, -0.1) is 11.8 Å². The van der Waals surface area contributed by atoms with Crippen LogP contribution in [0, 0.1) is 5.41 Å². The quantitative estimate of drug-likeness (QED) is 0.647. The van der Waals surface area contributed by atoms with E-state index in [2.05, 4.69) is 9.97 Å². The molecule has 6 nitrogen and oxygen atoms in total. The molecule has 0 aromatic carbocycles. The van der Waals surface area contributed by atoms with E-state index in [1.165, 1.54) is 11.8 Å².